The van der Waals surface area contributed by atoms with Gasteiger partial charge < -0.3 is 10.2 Å². The number of aromatic nitrogens is 2. The van der Waals surface area contributed by atoms with Gasteiger partial charge in [-0.25, -0.2) is 0 Å². The van der Waals surface area contributed by atoms with E-state index in [1.807, 2.05) is 13.8 Å². The summed E-state index contributed by atoms with van der Waals surface area (Å²) < 4.78 is 0. The van der Waals surface area contributed by atoms with Gasteiger partial charge in [0.05, 0.1) is 11.8 Å². The molecule has 0 saturated carbocycles. The minimum Gasteiger partial charge on any atom is -0.396 e. The molecule has 1 saturated heterocycles. The number of nitrogens with zero attached hydrogens (tertiary/aromatic N) is 2. The zero-order valence-electron chi connectivity index (χ0n) is 10.5. The summed E-state index contributed by atoms with van der Waals surface area (Å²) in [4.78, 5) is 2.22. The van der Waals surface area contributed by atoms with Crippen LogP contribution in [-0.4, -0.2) is 51.1 Å². The topological polar surface area (TPSA) is 72.4 Å². The summed E-state index contributed by atoms with van der Waals surface area (Å²) in [6.45, 7) is 6.48. The van der Waals surface area contributed by atoms with Gasteiger partial charge in [-0.05, 0) is 26.8 Å². The number of aliphatic hydroxyl groups excluding tert-OH is 2. The van der Waals surface area contributed by atoms with Crippen LogP contribution in [0.4, 0.5) is 0 Å². The normalized spacial score (nSPS) is 26.4. The van der Waals surface area contributed by atoms with Crippen LogP contribution < -0.4 is 0 Å². The lowest BCUT2D eigenvalue weighted by Crippen LogP contribution is -2.44. The molecule has 1 fully saturated rings. The minimum atomic E-state index is -0.415. The summed E-state index contributed by atoms with van der Waals surface area (Å²) >= 11 is 0. The summed E-state index contributed by atoms with van der Waals surface area (Å²) in [5.41, 5.74) is 3.35. The summed E-state index contributed by atoms with van der Waals surface area (Å²) in [6, 6.07) is 0. The van der Waals surface area contributed by atoms with E-state index < -0.39 is 6.10 Å². The Hall–Kier alpha value is -0.910. The third-order valence-corrected chi connectivity index (χ3v) is 3.70. The first-order chi connectivity index (χ1) is 8.11. The number of likely N-dealkylation sites (tertiary alicyclic amines) is 1. The SMILES string of the molecule is Cc1n[nH]c(C)c1CN1CC[C@H](CO)[C@H](O)C1. The number of aromatic amines is 1. The Morgan fingerprint density at radius 3 is 2.76 bits per heavy atom. The van der Waals surface area contributed by atoms with Crippen LogP contribution in [0.3, 0.4) is 0 Å². The molecular weight excluding hydrogens is 218 g/mol. The molecule has 3 N–H and O–H groups in total. The molecule has 0 aromatic carbocycles. The highest BCUT2D eigenvalue weighted by Crippen LogP contribution is 2.20. The number of nitrogens with one attached hydrogen (secondary N) is 1. The van der Waals surface area contributed by atoms with Gasteiger partial charge in [0.15, 0.2) is 0 Å². The number of rotatable bonds is 3. The molecule has 96 valence electrons. The van der Waals surface area contributed by atoms with Crippen LogP contribution in [0, 0.1) is 19.8 Å². The van der Waals surface area contributed by atoms with E-state index in [4.69, 9.17) is 5.11 Å². The van der Waals surface area contributed by atoms with Crippen molar-refractivity contribution in [2.24, 2.45) is 5.92 Å². The van der Waals surface area contributed by atoms with E-state index in [-0.39, 0.29) is 12.5 Å². The Bertz CT molecular complexity index is 358. The zero-order valence-corrected chi connectivity index (χ0v) is 10.5. The molecule has 0 bridgehead atoms. The monoisotopic (exact) mass is 239 g/mol. The highest BCUT2D eigenvalue weighted by atomic mass is 16.3. The van der Waals surface area contributed by atoms with Gasteiger partial charge in [-0.2, -0.15) is 5.10 Å². The lowest BCUT2D eigenvalue weighted by Gasteiger charge is -2.35. The van der Waals surface area contributed by atoms with Crippen LogP contribution in [0.15, 0.2) is 0 Å². The second kappa shape index (κ2) is 5.16. The second-order valence-corrected chi connectivity index (χ2v) is 4.95. The van der Waals surface area contributed by atoms with Gasteiger partial charge >= 0.3 is 0 Å². The standard InChI is InChI=1S/C12H21N3O2/c1-8-11(9(2)14-13-8)5-15-4-3-10(7-16)12(17)6-15/h10,12,16-17H,3-7H2,1-2H3,(H,13,14)/t10-,12-/m1/s1. The van der Waals surface area contributed by atoms with Crippen molar-refractivity contribution >= 4 is 0 Å². The fourth-order valence-electron chi connectivity index (χ4n) is 2.43. The molecule has 1 aliphatic heterocycles. The molecule has 17 heavy (non-hydrogen) atoms. The van der Waals surface area contributed by atoms with Crippen molar-refractivity contribution in [2.45, 2.75) is 32.9 Å². The van der Waals surface area contributed by atoms with Gasteiger partial charge in [-0.15, -0.1) is 0 Å². The Morgan fingerprint density at radius 2 is 2.24 bits per heavy atom. The predicted octanol–water partition coefficient (Wildman–Crippen LogP) is 0.202. The lowest BCUT2D eigenvalue weighted by atomic mass is 9.94. The van der Waals surface area contributed by atoms with Crippen molar-refractivity contribution < 1.29 is 10.2 Å². The van der Waals surface area contributed by atoms with Crippen molar-refractivity contribution in [1.82, 2.24) is 15.1 Å². The van der Waals surface area contributed by atoms with Gasteiger partial charge in [-0.1, -0.05) is 0 Å². The van der Waals surface area contributed by atoms with Crippen LogP contribution in [0.5, 0.6) is 0 Å². The van der Waals surface area contributed by atoms with Crippen LogP contribution in [-0.2, 0) is 6.54 Å². The van der Waals surface area contributed by atoms with Gasteiger partial charge in [0.1, 0.15) is 0 Å². The second-order valence-electron chi connectivity index (χ2n) is 4.95. The molecule has 0 unspecified atom stereocenters. The summed E-state index contributed by atoms with van der Waals surface area (Å²) in [6.07, 6.45) is 0.439. The molecule has 1 aromatic heterocycles. The van der Waals surface area contributed by atoms with Crippen LogP contribution >= 0.6 is 0 Å². The average Bonchev–Trinajstić information content (AvgIpc) is 2.61. The van der Waals surface area contributed by atoms with E-state index in [2.05, 4.69) is 15.1 Å². The third kappa shape index (κ3) is 2.68. The molecular formula is C12H21N3O2. The third-order valence-electron chi connectivity index (χ3n) is 3.70. The van der Waals surface area contributed by atoms with Crippen molar-refractivity contribution in [3.63, 3.8) is 0 Å². The number of aryl methyl sites for hydroxylation is 2. The molecule has 0 aliphatic carbocycles. The molecule has 5 nitrogen and oxygen atoms in total. The first-order valence-electron chi connectivity index (χ1n) is 6.13. The Labute approximate surface area is 101 Å². The smallest absolute Gasteiger partial charge is 0.0717 e. The molecule has 1 aromatic rings. The maximum Gasteiger partial charge on any atom is 0.0717 e. The minimum absolute atomic E-state index is 0.0396. The van der Waals surface area contributed by atoms with E-state index in [1.165, 1.54) is 5.56 Å². The van der Waals surface area contributed by atoms with Crippen LogP contribution in [0.1, 0.15) is 23.4 Å². The number of H-pyrrole nitrogens is 1. The molecule has 0 amide bonds. The van der Waals surface area contributed by atoms with E-state index in [1.54, 1.807) is 0 Å². The molecule has 0 radical (unpaired) electrons. The molecule has 2 atom stereocenters. The van der Waals surface area contributed by atoms with Crippen LogP contribution in [0.25, 0.3) is 0 Å². The molecule has 1 aliphatic rings. The van der Waals surface area contributed by atoms with Gasteiger partial charge in [0.25, 0.3) is 0 Å². The van der Waals surface area contributed by atoms with E-state index in [9.17, 15) is 5.11 Å². The number of β-amino-alcohol motifs (C(OH)–C–C–N with tert-alkyl or cyclic N) is 1. The number of hydrogen-bond acceptors (Lipinski definition) is 4. The summed E-state index contributed by atoms with van der Waals surface area (Å²) in [5, 5.41) is 26.1. The zero-order chi connectivity index (χ0) is 12.4. The quantitative estimate of drug-likeness (QED) is 0.704. The first kappa shape index (κ1) is 12.5. The fourth-order valence-corrected chi connectivity index (χ4v) is 2.43. The highest BCUT2D eigenvalue weighted by Gasteiger charge is 2.27. The lowest BCUT2D eigenvalue weighted by molar-refractivity contribution is -0.00455. The van der Waals surface area contributed by atoms with Crippen molar-refractivity contribution in [3.8, 4) is 0 Å². The van der Waals surface area contributed by atoms with Gasteiger partial charge in [-0.3, -0.25) is 10.00 Å². The van der Waals surface area contributed by atoms with Gasteiger partial charge in [0.2, 0.25) is 0 Å². The number of hydrogen-bond donors (Lipinski definition) is 3. The maximum absolute atomic E-state index is 9.88. The van der Waals surface area contributed by atoms with Crippen molar-refractivity contribution in [2.75, 3.05) is 19.7 Å². The fraction of sp³-hybridized carbons (Fsp3) is 0.750. The molecule has 2 rings (SSSR count). The number of aliphatic hydroxyl groups is 2. The van der Waals surface area contributed by atoms with Crippen molar-refractivity contribution in [1.29, 1.82) is 0 Å². The Kier molecular flexibility index (Phi) is 3.81. The van der Waals surface area contributed by atoms with E-state index in [0.29, 0.717) is 6.54 Å². The van der Waals surface area contributed by atoms with Crippen LogP contribution in [0.2, 0.25) is 0 Å². The predicted molar refractivity (Wildman–Crippen MR) is 64.5 cm³/mol. The Balaban J connectivity index is 1.97. The summed E-state index contributed by atoms with van der Waals surface area (Å²) in [7, 11) is 0. The highest BCUT2D eigenvalue weighted by molar-refractivity contribution is 5.22. The van der Waals surface area contributed by atoms with E-state index >= 15 is 0 Å². The average molecular weight is 239 g/mol. The molecule has 2 heterocycles. The summed E-state index contributed by atoms with van der Waals surface area (Å²) in [5.74, 6) is 0.0396. The molecule has 5 heteroatoms. The maximum atomic E-state index is 9.88. The van der Waals surface area contributed by atoms with E-state index in [0.717, 1.165) is 30.9 Å². The molecule has 0 spiro atoms. The van der Waals surface area contributed by atoms with Crippen molar-refractivity contribution in [3.05, 3.63) is 17.0 Å². The largest absolute Gasteiger partial charge is 0.396 e. The van der Waals surface area contributed by atoms with Gasteiger partial charge in [0, 0.05) is 36.9 Å². The number of piperidine rings is 1. The Morgan fingerprint density at radius 1 is 1.47 bits per heavy atom. The first-order valence-corrected chi connectivity index (χ1v) is 6.13.